The summed E-state index contributed by atoms with van der Waals surface area (Å²) < 4.78 is 19.8. The number of nitrogens with two attached hydrogens (primary N) is 1. The fraction of sp³-hybridized carbons (Fsp3) is 0.740. The SMILES string of the molecule is C.CCNc1nnc(-c2nc(C)c(N3CCN(C4CCN(C(=O)OC(C)(C)C)CC4)[C@@H](CC)C3)n(C)c2=O)o1.CC[C@H]1CN(c2c(C)nc(C(=O)NN)c(=O)n2C)CCN1C1CCN(C(=O)OC(C)(C)C)CC1.[2HH]. The molecule has 0 bridgehead atoms. The molecule has 4 N–H and O–H groups in total. The van der Waals surface area contributed by atoms with E-state index in [1.165, 1.54) is 4.57 Å². The van der Waals surface area contributed by atoms with Gasteiger partial charge in [0.15, 0.2) is 11.4 Å². The third kappa shape index (κ3) is 13.9. The van der Waals surface area contributed by atoms with Crippen LogP contribution < -0.4 is 37.5 Å². The van der Waals surface area contributed by atoms with Gasteiger partial charge in [-0.2, -0.15) is 0 Å². The molecule has 0 spiro atoms. The maximum absolute atomic E-state index is 13.3. The zero-order chi connectivity index (χ0) is 52.8. The molecular formula is C50H87N15O8. The number of anilines is 3. The Kier molecular flexibility index (Phi) is 19.5. The number of nitrogen functional groups attached to an aromatic ring is 1. The molecule has 7 rings (SSSR count). The molecule has 3 aromatic rings. The number of rotatable bonds is 10. The van der Waals surface area contributed by atoms with Crippen LogP contribution in [0, 0.1) is 13.8 Å². The number of hydrazine groups is 1. The zero-order valence-electron chi connectivity index (χ0n) is 45.0. The fourth-order valence-electron chi connectivity index (χ4n) is 10.5. The Labute approximate surface area is 432 Å². The molecule has 7 heterocycles. The number of likely N-dealkylation sites (tertiary alicyclic amines) is 2. The van der Waals surface area contributed by atoms with Gasteiger partial charge < -0.3 is 38.8 Å². The lowest BCUT2D eigenvalue weighted by Crippen LogP contribution is -2.59. The Bertz CT molecular complexity index is 2490. The molecule has 4 aliphatic rings. The normalized spacial score (nSPS) is 19.7. The van der Waals surface area contributed by atoms with Gasteiger partial charge in [-0.05, 0) is 101 Å². The molecule has 3 aromatic heterocycles. The third-order valence-corrected chi connectivity index (χ3v) is 13.9. The van der Waals surface area contributed by atoms with Crippen LogP contribution in [0.1, 0.15) is 132 Å². The summed E-state index contributed by atoms with van der Waals surface area (Å²) in [6.07, 6.45) is 5.20. The van der Waals surface area contributed by atoms with E-state index in [4.69, 9.17) is 19.7 Å². The van der Waals surface area contributed by atoms with Crippen LogP contribution in [0.4, 0.5) is 27.2 Å². The number of amides is 3. The van der Waals surface area contributed by atoms with E-state index < -0.39 is 22.7 Å². The van der Waals surface area contributed by atoms with Gasteiger partial charge in [-0.25, -0.2) is 25.4 Å². The van der Waals surface area contributed by atoms with Gasteiger partial charge in [0.1, 0.15) is 22.8 Å². The van der Waals surface area contributed by atoms with E-state index in [-0.39, 0.29) is 49.9 Å². The first-order valence-electron chi connectivity index (χ1n) is 25.7. The van der Waals surface area contributed by atoms with Crippen LogP contribution in [0.3, 0.4) is 0 Å². The van der Waals surface area contributed by atoms with Crippen molar-refractivity contribution in [2.75, 3.05) is 87.1 Å². The minimum Gasteiger partial charge on any atom is -0.444 e. The maximum Gasteiger partial charge on any atom is 0.410 e. The minimum absolute atomic E-state index is 0. The molecule has 4 saturated heterocycles. The number of ether oxygens (including phenoxy) is 2. The summed E-state index contributed by atoms with van der Waals surface area (Å²) in [5.41, 5.74) is 1.62. The number of hydrogen-bond donors (Lipinski definition) is 3. The molecule has 73 heavy (non-hydrogen) atoms. The van der Waals surface area contributed by atoms with Gasteiger partial charge in [-0.15, -0.1) is 5.10 Å². The van der Waals surface area contributed by atoms with E-state index >= 15 is 0 Å². The van der Waals surface area contributed by atoms with Crippen molar-refractivity contribution in [1.29, 1.82) is 0 Å². The van der Waals surface area contributed by atoms with Crippen molar-refractivity contribution in [2.45, 2.75) is 157 Å². The van der Waals surface area contributed by atoms with Gasteiger partial charge >= 0.3 is 18.2 Å². The summed E-state index contributed by atoms with van der Waals surface area (Å²) >= 11 is 0. The summed E-state index contributed by atoms with van der Waals surface area (Å²) in [5.74, 6) is 6.18. The fourth-order valence-corrected chi connectivity index (χ4v) is 10.5. The van der Waals surface area contributed by atoms with Gasteiger partial charge in [0.05, 0.1) is 11.4 Å². The van der Waals surface area contributed by atoms with Crippen molar-refractivity contribution in [3.05, 3.63) is 37.8 Å². The molecule has 0 aliphatic carbocycles. The highest BCUT2D eigenvalue weighted by Gasteiger charge is 2.38. The Morgan fingerprint density at radius 1 is 0.685 bits per heavy atom. The van der Waals surface area contributed by atoms with Crippen molar-refractivity contribution < 1.29 is 29.7 Å². The van der Waals surface area contributed by atoms with E-state index in [9.17, 15) is 24.0 Å². The molecule has 0 saturated carbocycles. The number of carbonyl (C=O) groups excluding carboxylic acids is 3. The van der Waals surface area contributed by atoms with Crippen LogP contribution in [0.25, 0.3) is 11.6 Å². The van der Waals surface area contributed by atoms with Gasteiger partial charge in [0.25, 0.3) is 22.9 Å². The molecule has 4 fully saturated rings. The molecule has 4 aliphatic heterocycles. The van der Waals surface area contributed by atoms with Crippen LogP contribution in [-0.4, -0.2) is 174 Å². The number of nitrogens with zero attached hydrogens (tertiary/aromatic N) is 12. The second-order valence-electron chi connectivity index (χ2n) is 21.3. The highest BCUT2D eigenvalue weighted by atomic mass is 16.6. The molecular weight excluding hydrogens is 939 g/mol. The second-order valence-corrected chi connectivity index (χ2v) is 21.3. The first-order valence-corrected chi connectivity index (χ1v) is 25.7. The first-order chi connectivity index (χ1) is 34.0. The van der Waals surface area contributed by atoms with Crippen molar-refractivity contribution in [3.8, 4) is 11.6 Å². The molecule has 23 heteroatoms. The van der Waals surface area contributed by atoms with Crippen molar-refractivity contribution in [3.63, 3.8) is 0 Å². The van der Waals surface area contributed by atoms with Gasteiger partial charge in [0, 0.05) is 112 Å². The lowest BCUT2D eigenvalue weighted by Gasteiger charge is -2.48. The lowest BCUT2D eigenvalue weighted by molar-refractivity contribution is 0.00846. The number of piperazine rings is 2. The first kappa shape index (κ1) is 58.1. The molecule has 0 aromatic carbocycles. The predicted octanol–water partition coefficient (Wildman–Crippen LogP) is 4.75. The molecule has 23 nitrogen and oxygen atoms in total. The minimum atomic E-state index is -0.691. The zero-order valence-corrected chi connectivity index (χ0v) is 45.0. The highest BCUT2D eigenvalue weighted by Crippen LogP contribution is 2.30. The number of aromatic nitrogens is 6. The largest absolute Gasteiger partial charge is 0.444 e. The monoisotopic (exact) mass is 1030 g/mol. The van der Waals surface area contributed by atoms with Crippen molar-refractivity contribution in [2.24, 2.45) is 19.9 Å². The average molecular weight is 1030 g/mol. The molecule has 410 valence electrons. The maximum atomic E-state index is 13.3. The number of hydrogen-bond acceptors (Lipinski definition) is 18. The van der Waals surface area contributed by atoms with E-state index in [2.05, 4.69) is 58.9 Å². The topological polar surface area (TPSA) is 248 Å². The van der Waals surface area contributed by atoms with E-state index in [0.29, 0.717) is 62.6 Å². The summed E-state index contributed by atoms with van der Waals surface area (Å²) in [6.45, 7) is 29.7. The third-order valence-electron chi connectivity index (χ3n) is 13.9. The summed E-state index contributed by atoms with van der Waals surface area (Å²) in [4.78, 5) is 84.9. The van der Waals surface area contributed by atoms with Crippen molar-refractivity contribution >= 4 is 35.7 Å². The quantitative estimate of drug-likeness (QED) is 0.141. The van der Waals surface area contributed by atoms with Gasteiger partial charge in [-0.3, -0.25) is 38.7 Å². The standard InChI is InChI=1S/C26H42N8O4.C23H39N7O4.CH4.H2/c1-8-18-16-33(14-15-34(18)19-10-12-32(13-11-19)25(36)38-26(4,5)6)22-17(3)28-20(23(35)31(22)7)21-29-30-24(37-21)27-9-2;1-7-16-14-29(20-15(2)25-18(19(31)26-24)21(32)27(20)6)12-13-30(16)17-8-10-28(11-9-17)22(33)34-23(3,4)5;;/h18-19H,8-16H2,1-7H3,(H,27,30);16-17H,7-14,24H2,1-6H3,(H,26,31);1H4;1H/t18-;16-;;/m00../s1/i;;;1+1. The molecule has 2 atom stereocenters. The van der Waals surface area contributed by atoms with Crippen LogP contribution in [0.15, 0.2) is 14.0 Å². The van der Waals surface area contributed by atoms with Crippen LogP contribution in [0.2, 0.25) is 0 Å². The second kappa shape index (κ2) is 24.5. The van der Waals surface area contributed by atoms with E-state index in [0.717, 1.165) is 95.1 Å². The van der Waals surface area contributed by atoms with Crippen LogP contribution in [0.5, 0.6) is 0 Å². The van der Waals surface area contributed by atoms with Gasteiger partial charge in [-0.1, -0.05) is 26.4 Å². The Balaban J connectivity index is 0.000000314. The molecule has 3 amide bonds. The van der Waals surface area contributed by atoms with E-state index in [1.54, 1.807) is 18.7 Å². The van der Waals surface area contributed by atoms with Gasteiger partial charge in [0.2, 0.25) is 0 Å². The van der Waals surface area contributed by atoms with Crippen LogP contribution >= 0.6 is 0 Å². The Morgan fingerprint density at radius 2 is 1.12 bits per heavy atom. The Hall–Kier alpha value is -5.81. The number of aryl methyl sites for hydroxylation is 2. The summed E-state index contributed by atoms with van der Waals surface area (Å²) in [7, 11) is 3.44. The molecule has 0 unspecified atom stereocenters. The smallest absolute Gasteiger partial charge is 0.410 e. The number of nitrogens with one attached hydrogen (secondary N) is 2. The predicted molar refractivity (Wildman–Crippen MR) is 284 cm³/mol. The number of carbonyl (C=O) groups is 3. The number of piperidine rings is 2. The molecule has 0 radical (unpaired) electrons. The summed E-state index contributed by atoms with van der Waals surface area (Å²) in [6, 6.07) is 1.76. The van der Waals surface area contributed by atoms with Crippen LogP contribution in [-0.2, 0) is 23.6 Å². The highest BCUT2D eigenvalue weighted by molar-refractivity contribution is 5.91. The lowest BCUT2D eigenvalue weighted by atomic mass is 9.98. The Morgan fingerprint density at radius 3 is 1.53 bits per heavy atom. The average Bonchev–Trinajstić information content (AvgIpc) is 3.81. The van der Waals surface area contributed by atoms with E-state index in [1.807, 2.05) is 77.5 Å². The van der Waals surface area contributed by atoms with Crippen molar-refractivity contribution in [1.82, 2.24) is 54.3 Å². The summed E-state index contributed by atoms with van der Waals surface area (Å²) in [5, 5.41) is 10.9.